The number of benzene rings is 1. The molecule has 5 N–H and O–H groups in total. The number of ketones is 1. The van der Waals surface area contributed by atoms with Crippen molar-refractivity contribution in [1.29, 1.82) is 0 Å². The van der Waals surface area contributed by atoms with Crippen molar-refractivity contribution >= 4 is 27.4 Å². The molecule has 0 aliphatic rings. The summed E-state index contributed by atoms with van der Waals surface area (Å²) in [7, 11) is 0. The van der Waals surface area contributed by atoms with E-state index in [9.17, 15) is 9.90 Å². The van der Waals surface area contributed by atoms with Gasteiger partial charge in [0.1, 0.15) is 5.75 Å². The van der Waals surface area contributed by atoms with Gasteiger partial charge < -0.3 is 16.6 Å². The lowest BCUT2D eigenvalue weighted by Gasteiger charge is -2.15. The van der Waals surface area contributed by atoms with Crippen LogP contribution in [0.5, 0.6) is 5.75 Å². The molecule has 0 fully saturated rings. The molecule has 0 aromatic heterocycles. The molecule has 1 rings (SSSR count). The second kappa shape index (κ2) is 5.51. The van der Waals surface area contributed by atoms with E-state index in [0.29, 0.717) is 22.4 Å². The lowest BCUT2D eigenvalue weighted by atomic mass is 9.96. The van der Waals surface area contributed by atoms with Crippen LogP contribution in [-0.4, -0.2) is 16.9 Å². The largest absolute Gasteiger partial charge is 0.506 e. The summed E-state index contributed by atoms with van der Waals surface area (Å²) in [6.45, 7) is 4.01. The number of halogens is 1. The molecule has 4 nitrogen and oxygen atoms in total. The zero-order valence-corrected chi connectivity index (χ0v) is 11.5. The van der Waals surface area contributed by atoms with Gasteiger partial charge in [-0.2, -0.15) is 0 Å². The smallest absolute Gasteiger partial charge is 0.180 e. The molecular weight excluding hydrogens is 284 g/mol. The third kappa shape index (κ3) is 3.20. The summed E-state index contributed by atoms with van der Waals surface area (Å²) in [6, 6.07) is 2.38. The lowest BCUT2D eigenvalue weighted by molar-refractivity contribution is 0.0950. The summed E-state index contributed by atoms with van der Waals surface area (Å²) in [5, 5.41) is 9.39. The number of Topliss-reactive ketones (excluding diaryl/α,β-unsaturated/α-hetero) is 1. The average molecular weight is 301 g/mol. The maximum atomic E-state index is 12.1. The predicted octanol–water partition coefficient (Wildman–Crippen LogP) is 2.29. The Morgan fingerprint density at radius 1 is 1.47 bits per heavy atom. The highest BCUT2D eigenvalue weighted by Crippen LogP contribution is 2.32. The molecule has 1 atom stereocenters. The SMILES string of the molecule is CC(C)CC(N)C(=O)c1ccc(O)c(N)c1Br. The van der Waals surface area contributed by atoms with Gasteiger partial charge in [-0.3, -0.25) is 4.79 Å². The summed E-state index contributed by atoms with van der Waals surface area (Å²) in [5.41, 5.74) is 12.0. The Bertz CT molecular complexity index is 433. The van der Waals surface area contributed by atoms with E-state index in [-0.39, 0.29) is 17.2 Å². The Labute approximate surface area is 109 Å². The Balaban J connectivity index is 3.01. The van der Waals surface area contributed by atoms with E-state index >= 15 is 0 Å². The molecule has 17 heavy (non-hydrogen) atoms. The van der Waals surface area contributed by atoms with Crippen LogP contribution in [0, 0.1) is 5.92 Å². The van der Waals surface area contributed by atoms with Gasteiger partial charge in [-0.05, 0) is 40.4 Å². The van der Waals surface area contributed by atoms with Crippen molar-refractivity contribution in [1.82, 2.24) is 0 Å². The Morgan fingerprint density at radius 2 is 2.06 bits per heavy atom. The third-order valence-corrected chi connectivity index (χ3v) is 3.34. The number of nitrogen functional groups attached to an aromatic ring is 1. The van der Waals surface area contributed by atoms with Gasteiger partial charge in [0.25, 0.3) is 0 Å². The number of anilines is 1. The minimum absolute atomic E-state index is 0.0501. The third-order valence-electron chi connectivity index (χ3n) is 2.48. The molecule has 94 valence electrons. The van der Waals surface area contributed by atoms with Crippen LogP contribution < -0.4 is 11.5 Å². The van der Waals surface area contributed by atoms with Crippen LogP contribution in [0.4, 0.5) is 5.69 Å². The average Bonchev–Trinajstić information content (AvgIpc) is 2.24. The molecule has 1 aromatic rings. The van der Waals surface area contributed by atoms with Gasteiger partial charge in [0.2, 0.25) is 0 Å². The molecule has 0 heterocycles. The molecular formula is C12H17BrN2O2. The van der Waals surface area contributed by atoms with Crippen molar-refractivity contribution in [3.05, 3.63) is 22.2 Å². The minimum Gasteiger partial charge on any atom is -0.506 e. The van der Waals surface area contributed by atoms with Crippen molar-refractivity contribution in [2.75, 3.05) is 5.73 Å². The van der Waals surface area contributed by atoms with E-state index in [4.69, 9.17) is 11.5 Å². The number of carbonyl (C=O) groups is 1. The lowest BCUT2D eigenvalue weighted by Crippen LogP contribution is -2.32. The number of carbonyl (C=O) groups excluding carboxylic acids is 1. The highest BCUT2D eigenvalue weighted by molar-refractivity contribution is 9.10. The van der Waals surface area contributed by atoms with Gasteiger partial charge in [0.05, 0.1) is 16.2 Å². The molecule has 0 saturated carbocycles. The molecule has 0 bridgehead atoms. The van der Waals surface area contributed by atoms with Crippen molar-refractivity contribution in [2.24, 2.45) is 11.7 Å². The molecule has 0 aliphatic heterocycles. The van der Waals surface area contributed by atoms with E-state index < -0.39 is 6.04 Å². The van der Waals surface area contributed by atoms with E-state index in [1.54, 1.807) is 0 Å². The quantitative estimate of drug-likeness (QED) is 0.452. The van der Waals surface area contributed by atoms with Gasteiger partial charge in [0, 0.05) is 5.56 Å². The molecule has 0 radical (unpaired) electrons. The zero-order valence-electron chi connectivity index (χ0n) is 9.90. The minimum atomic E-state index is -0.546. The van der Waals surface area contributed by atoms with Crippen LogP contribution in [-0.2, 0) is 0 Å². The highest BCUT2D eigenvalue weighted by atomic mass is 79.9. The first-order valence-electron chi connectivity index (χ1n) is 5.41. The molecule has 0 saturated heterocycles. The first-order valence-corrected chi connectivity index (χ1v) is 6.20. The second-order valence-corrected chi connectivity index (χ2v) is 5.25. The maximum absolute atomic E-state index is 12.1. The number of hydrogen-bond acceptors (Lipinski definition) is 4. The highest BCUT2D eigenvalue weighted by Gasteiger charge is 2.21. The standard InChI is InChI=1S/C12H17BrN2O2/c1-6(2)5-8(14)12(17)7-3-4-9(16)11(15)10(7)13/h3-4,6,8,16H,5,14-15H2,1-2H3. The first kappa shape index (κ1) is 14.0. The van der Waals surface area contributed by atoms with Crippen LogP contribution in [0.1, 0.15) is 30.6 Å². The molecule has 0 spiro atoms. The van der Waals surface area contributed by atoms with Gasteiger partial charge >= 0.3 is 0 Å². The fourth-order valence-electron chi connectivity index (χ4n) is 1.59. The summed E-state index contributed by atoms with van der Waals surface area (Å²) >= 11 is 3.20. The second-order valence-electron chi connectivity index (χ2n) is 4.46. The molecule has 1 unspecified atom stereocenters. The van der Waals surface area contributed by atoms with Crippen LogP contribution >= 0.6 is 15.9 Å². The van der Waals surface area contributed by atoms with Crippen molar-refractivity contribution in [3.63, 3.8) is 0 Å². The van der Waals surface area contributed by atoms with Gasteiger partial charge in [-0.15, -0.1) is 0 Å². The van der Waals surface area contributed by atoms with Crippen LogP contribution in [0.2, 0.25) is 0 Å². The van der Waals surface area contributed by atoms with Gasteiger partial charge in [-0.25, -0.2) is 0 Å². The topological polar surface area (TPSA) is 89.3 Å². The number of nitrogens with two attached hydrogens (primary N) is 2. The van der Waals surface area contributed by atoms with E-state index in [2.05, 4.69) is 15.9 Å². The Morgan fingerprint density at radius 3 is 2.59 bits per heavy atom. The molecule has 5 heteroatoms. The van der Waals surface area contributed by atoms with Gasteiger partial charge in [0.15, 0.2) is 5.78 Å². The summed E-state index contributed by atoms with van der Waals surface area (Å²) < 4.78 is 0.404. The van der Waals surface area contributed by atoms with E-state index in [1.807, 2.05) is 13.8 Å². The summed E-state index contributed by atoms with van der Waals surface area (Å²) in [6.07, 6.45) is 0.617. The van der Waals surface area contributed by atoms with Gasteiger partial charge in [-0.1, -0.05) is 13.8 Å². The fraction of sp³-hybridized carbons (Fsp3) is 0.417. The zero-order chi connectivity index (χ0) is 13.2. The van der Waals surface area contributed by atoms with Crippen LogP contribution in [0.15, 0.2) is 16.6 Å². The molecule has 0 amide bonds. The number of hydrogen-bond donors (Lipinski definition) is 3. The van der Waals surface area contributed by atoms with Crippen molar-refractivity contribution in [2.45, 2.75) is 26.3 Å². The normalized spacial score (nSPS) is 12.8. The Kier molecular flexibility index (Phi) is 4.54. The number of phenols is 1. The fourth-order valence-corrected chi connectivity index (χ4v) is 2.12. The predicted molar refractivity (Wildman–Crippen MR) is 72.0 cm³/mol. The number of aromatic hydroxyl groups is 1. The Hall–Kier alpha value is -1.07. The number of rotatable bonds is 4. The molecule has 1 aromatic carbocycles. The van der Waals surface area contributed by atoms with Crippen molar-refractivity contribution in [3.8, 4) is 5.75 Å². The monoisotopic (exact) mass is 300 g/mol. The number of phenolic OH excluding ortho intramolecular Hbond substituents is 1. The van der Waals surface area contributed by atoms with Crippen LogP contribution in [0.25, 0.3) is 0 Å². The van der Waals surface area contributed by atoms with Crippen LogP contribution in [0.3, 0.4) is 0 Å². The first-order chi connectivity index (χ1) is 7.84. The summed E-state index contributed by atoms with van der Waals surface area (Å²) in [5.74, 6) is 0.130. The van der Waals surface area contributed by atoms with E-state index in [1.165, 1.54) is 12.1 Å². The van der Waals surface area contributed by atoms with E-state index in [0.717, 1.165) is 0 Å². The van der Waals surface area contributed by atoms with Crippen molar-refractivity contribution < 1.29 is 9.90 Å². The summed E-state index contributed by atoms with van der Waals surface area (Å²) in [4.78, 5) is 12.1. The maximum Gasteiger partial charge on any atom is 0.180 e. The molecule has 0 aliphatic carbocycles.